The number of hydroxylamine groups is 1. The van der Waals surface area contributed by atoms with Gasteiger partial charge in [0, 0.05) is 11.3 Å². The van der Waals surface area contributed by atoms with E-state index in [1.807, 2.05) is 30.3 Å². The summed E-state index contributed by atoms with van der Waals surface area (Å²) in [4.78, 5) is 12.8. The lowest BCUT2D eigenvalue weighted by molar-refractivity contribution is -0.133. The summed E-state index contributed by atoms with van der Waals surface area (Å²) < 4.78 is 16.0. The van der Waals surface area contributed by atoms with Gasteiger partial charge in [0.1, 0.15) is 11.2 Å². The molecule has 26 heavy (non-hydrogen) atoms. The van der Waals surface area contributed by atoms with Gasteiger partial charge in [-0.3, -0.25) is 10.0 Å². The molecule has 0 bridgehead atoms. The molecule has 5 nitrogen and oxygen atoms in total. The van der Waals surface area contributed by atoms with Crippen molar-refractivity contribution in [3.8, 4) is 5.69 Å². The monoisotopic (exact) mass is 351 g/mol. The molecule has 132 valence electrons. The summed E-state index contributed by atoms with van der Waals surface area (Å²) in [7, 11) is 0. The highest BCUT2D eigenvalue weighted by Gasteiger charge is 2.50. The fraction of sp³-hybridized carbons (Fsp3) is 0.200. The van der Waals surface area contributed by atoms with E-state index in [-0.39, 0.29) is 5.82 Å². The minimum Gasteiger partial charge on any atom is -0.289 e. The molecule has 3 aromatic rings. The second-order valence-electron chi connectivity index (χ2n) is 6.51. The van der Waals surface area contributed by atoms with E-state index in [0.717, 1.165) is 11.4 Å². The normalized spacial score (nSPS) is 18.6. The minimum absolute atomic E-state index is 0.378. The Hall–Kier alpha value is -2.99. The number of nitrogens with zero attached hydrogens (tertiary/aromatic N) is 2. The highest BCUT2D eigenvalue weighted by atomic mass is 19.1. The molecule has 1 aliphatic carbocycles. The predicted octanol–water partition coefficient (Wildman–Crippen LogP) is 3.06. The van der Waals surface area contributed by atoms with E-state index in [1.54, 1.807) is 35.4 Å². The molecule has 1 amide bonds. The topological polar surface area (TPSA) is 67.2 Å². The van der Waals surface area contributed by atoms with Gasteiger partial charge in [0.2, 0.25) is 0 Å². The van der Waals surface area contributed by atoms with Gasteiger partial charge >= 0.3 is 0 Å². The van der Waals surface area contributed by atoms with Crippen molar-refractivity contribution in [1.29, 1.82) is 0 Å². The number of nitrogens with one attached hydrogen (secondary N) is 1. The Morgan fingerprint density at radius 3 is 2.69 bits per heavy atom. The van der Waals surface area contributed by atoms with E-state index < -0.39 is 11.3 Å². The third-order valence-electron chi connectivity index (χ3n) is 5.28. The number of halogens is 1. The summed E-state index contributed by atoms with van der Waals surface area (Å²) in [5.74, 6) is -0.950. The van der Waals surface area contributed by atoms with Crippen molar-refractivity contribution in [1.82, 2.24) is 15.3 Å². The van der Waals surface area contributed by atoms with Gasteiger partial charge < -0.3 is 0 Å². The van der Waals surface area contributed by atoms with Gasteiger partial charge in [-0.05, 0) is 49.1 Å². The number of rotatable bonds is 3. The molecular formula is C20H18FN3O2. The standard InChI is InChI=1S/C20H18FN3O2/c1-13-15(8-5-9-17(13)21)20(19(25)23-26)11-10-18-16(20)12-22-24(18)14-6-3-2-4-7-14/h2-9,12,26H,10-11H2,1H3,(H,23,25). The molecule has 1 heterocycles. The van der Waals surface area contributed by atoms with Gasteiger partial charge in [-0.25, -0.2) is 14.6 Å². The van der Waals surface area contributed by atoms with Crippen molar-refractivity contribution in [2.24, 2.45) is 0 Å². The lowest BCUT2D eigenvalue weighted by Crippen LogP contribution is -2.43. The van der Waals surface area contributed by atoms with Crippen molar-refractivity contribution in [3.05, 3.63) is 82.9 Å². The zero-order chi connectivity index (χ0) is 18.3. The molecule has 0 saturated carbocycles. The third kappa shape index (κ3) is 2.19. The maximum absolute atomic E-state index is 14.2. The Labute approximate surface area is 150 Å². The van der Waals surface area contributed by atoms with Crippen molar-refractivity contribution < 1.29 is 14.4 Å². The molecule has 0 saturated heterocycles. The van der Waals surface area contributed by atoms with Gasteiger partial charge in [-0.2, -0.15) is 5.10 Å². The van der Waals surface area contributed by atoms with Crippen LogP contribution in [0.1, 0.15) is 28.8 Å². The summed E-state index contributed by atoms with van der Waals surface area (Å²) >= 11 is 0. The van der Waals surface area contributed by atoms with Crippen molar-refractivity contribution in [2.45, 2.75) is 25.2 Å². The van der Waals surface area contributed by atoms with Crippen LogP contribution in [-0.4, -0.2) is 20.9 Å². The van der Waals surface area contributed by atoms with Gasteiger partial charge in [-0.1, -0.05) is 30.3 Å². The van der Waals surface area contributed by atoms with E-state index in [2.05, 4.69) is 5.10 Å². The number of para-hydroxylation sites is 1. The maximum atomic E-state index is 14.2. The molecule has 1 aliphatic rings. The molecule has 4 rings (SSSR count). The Morgan fingerprint density at radius 2 is 1.96 bits per heavy atom. The van der Waals surface area contributed by atoms with E-state index in [0.29, 0.717) is 29.5 Å². The van der Waals surface area contributed by atoms with Crippen molar-refractivity contribution >= 4 is 5.91 Å². The maximum Gasteiger partial charge on any atom is 0.258 e. The average Bonchev–Trinajstić information content (AvgIpc) is 3.25. The lowest BCUT2D eigenvalue weighted by Gasteiger charge is -2.29. The van der Waals surface area contributed by atoms with E-state index in [9.17, 15) is 14.4 Å². The van der Waals surface area contributed by atoms with Crippen LogP contribution in [0.25, 0.3) is 5.69 Å². The molecule has 2 N–H and O–H groups in total. The van der Waals surface area contributed by atoms with Crippen LogP contribution in [0.3, 0.4) is 0 Å². The Morgan fingerprint density at radius 1 is 1.19 bits per heavy atom. The number of fused-ring (bicyclic) bond motifs is 1. The van der Waals surface area contributed by atoms with E-state index in [4.69, 9.17) is 0 Å². The lowest BCUT2D eigenvalue weighted by atomic mass is 9.74. The summed E-state index contributed by atoms with van der Waals surface area (Å²) in [6.45, 7) is 1.65. The SMILES string of the molecule is Cc1c(F)cccc1C1(C(=O)NO)CCc2c1cnn2-c1ccccc1. The summed E-state index contributed by atoms with van der Waals surface area (Å²) in [6.07, 6.45) is 2.67. The van der Waals surface area contributed by atoms with Crippen molar-refractivity contribution in [3.63, 3.8) is 0 Å². The summed E-state index contributed by atoms with van der Waals surface area (Å²) in [6, 6.07) is 14.3. The van der Waals surface area contributed by atoms with Gasteiger partial charge in [0.15, 0.2) is 0 Å². The first-order chi connectivity index (χ1) is 12.6. The van der Waals surface area contributed by atoms with Crippen LogP contribution in [0, 0.1) is 12.7 Å². The predicted molar refractivity (Wildman–Crippen MR) is 93.7 cm³/mol. The molecule has 2 aromatic carbocycles. The van der Waals surface area contributed by atoms with Crippen LogP contribution >= 0.6 is 0 Å². The molecular weight excluding hydrogens is 333 g/mol. The van der Waals surface area contributed by atoms with E-state index >= 15 is 0 Å². The summed E-state index contributed by atoms with van der Waals surface area (Å²) in [5, 5.41) is 13.9. The quantitative estimate of drug-likeness (QED) is 0.563. The van der Waals surface area contributed by atoms with Crippen LogP contribution in [0.2, 0.25) is 0 Å². The minimum atomic E-state index is -1.16. The largest absolute Gasteiger partial charge is 0.289 e. The fourth-order valence-electron chi connectivity index (χ4n) is 4.01. The van der Waals surface area contributed by atoms with Crippen LogP contribution in [0.4, 0.5) is 4.39 Å². The number of carbonyl (C=O) groups excluding carboxylic acids is 1. The fourth-order valence-corrected chi connectivity index (χ4v) is 4.01. The molecule has 1 unspecified atom stereocenters. The van der Waals surface area contributed by atoms with Gasteiger partial charge in [0.05, 0.1) is 11.9 Å². The van der Waals surface area contributed by atoms with Crippen LogP contribution < -0.4 is 5.48 Å². The second kappa shape index (κ2) is 6.07. The van der Waals surface area contributed by atoms with Gasteiger partial charge in [-0.15, -0.1) is 0 Å². The molecule has 0 radical (unpaired) electrons. The molecule has 0 aliphatic heterocycles. The molecule has 6 heteroatoms. The number of hydrogen-bond donors (Lipinski definition) is 2. The number of aromatic nitrogens is 2. The van der Waals surface area contributed by atoms with Crippen LogP contribution in [0.5, 0.6) is 0 Å². The zero-order valence-corrected chi connectivity index (χ0v) is 14.2. The van der Waals surface area contributed by atoms with Crippen LogP contribution in [-0.2, 0) is 16.6 Å². The summed E-state index contributed by atoms with van der Waals surface area (Å²) in [5.41, 5.74) is 4.05. The number of hydrogen-bond acceptors (Lipinski definition) is 3. The molecule has 0 spiro atoms. The highest BCUT2D eigenvalue weighted by molar-refractivity contribution is 5.93. The number of benzene rings is 2. The first-order valence-corrected chi connectivity index (χ1v) is 8.42. The first kappa shape index (κ1) is 16.5. The average molecular weight is 351 g/mol. The van der Waals surface area contributed by atoms with Gasteiger partial charge in [0.25, 0.3) is 5.91 Å². The number of amides is 1. The van der Waals surface area contributed by atoms with E-state index in [1.165, 1.54) is 6.07 Å². The first-order valence-electron chi connectivity index (χ1n) is 8.42. The highest BCUT2D eigenvalue weighted by Crippen LogP contribution is 2.46. The number of carbonyl (C=O) groups is 1. The second-order valence-corrected chi connectivity index (χ2v) is 6.51. The van der Waals surface area contributed by atoms with Crippen molar-refractivity contribution in [2.75, 3.05) is 0 Å². The molecule has 1 aromatic heterocycles. The van der Waals surface area contributed by atoms with Crippen LogP contribution in [0.15, 0.2) is 54.7 Å². The zero-order valence-electron chi connectivity index (χ0n) is 14.2. The Bertz CT molecular complexity index is 984. The Balaban J connectivity index is 1.95. The Kier molecular flexibility index (Phi) is 3.85. The molecule has 0 fully saturated rings. The molecule has 1 atom stereocenters. The smallest absolute Gasteiger partial charge is 0.258 e. The third-order valence-corrected chi connectivity index (χ3v) is 5.28.